The third-order valence-electron chi connectivity index (χ3n) is 7.90. The molecule has 2 aromatic heterocycles. The van der Waals surface area contributed by atoms with Gasteiger partial charge >= 0.3 is 0 Å². The predicted molar refractivity (Wildman–Crippen MR) is 136 cm³/mol. The van der Waals surface area contributed by atoms with Crippen LogP contribution in [0.4, 0.5) is 10.2 Å². The van der Waals surface area contributed by atoms with Crippen LogP contribution in [0, 0.1) is 11.2 Å². The Bertz CT molecular complexity index is 1400. The quantitative estimate of drug-likeness (QED) is 0.323. The molecular formula is C26H28ClFN4O7. The molecule has 1 aromatic carbocycles. The van der Waals surface area contributed by atoms with Crippen LogP contribution in [0.3, 0.4) is 0 Å². The molecular weight excluding hydrogens is 535 g/mol. The predicted octanol–water partition coefficient (Wildman–Crippen LogP) is 2.14. The number of anilines is 1. The first-order valence-electron chi connectivity index (χ1n) is 13.0. The zero-order valence-electron chi connectivity index (χ0n) is 20.9. The molecule has 5 heterocycles. The maximum absolute atomic E-state index is 15.3. The lowest BCUT2D eigenvalue weighted by molar-refractivity contribution is -0.153. The fourth-order valence-electron chi connectivity index (χ4n) is 5.67. The summed E-state index contributed by atoms with van der Waals surface area (Å²) in [6, 6.07) is 4.84. The molecule has 5 atom stereocenters. The largest absolute Gasteiger partial charge is 0.493 e. The molecule has 0 radical (unpaired) electrons. The maximum Gasteiger partial charge on any atom is 0.296 e. The van der Waals surface area contributed by atoms with Gasteiger partial charge in [-0.25, -0.2) is 9.37 Å². The highest BCUT2D eigenvalue weighted by Gasteiger charge is 2.48. The van der Waals surface area contributed by atoms with Crippen LogP contribution in [-0.4, -0.2) is 89.2 Å². The van der Waals surface area contributed by atoms with Crippen LogP contribution < -0.4 is 14.8 Å². The topological polar surface area (TPSA) is 140 Å². The monoisotopic (exact) mass is 562 g/mol. The van der Waals surface area contributed by atoms with Crippen LogP contribution in [0.15, 0.2) is 18.2 Å². The second kappa shape index (κ2) is 9.72. The molecule has 3 fully saturated rings. The van der Waals surface area contributed by atoms with Gasteiger partial charge in [-0.3, -0.25) is 0 Å². The van der Waals surface area contributed by atoms with Gasteiger partial charge in [-0.1, -0.05) is 11.6 Å². The van der Waals surface area contributed by atoms with Crippen molar-refractivity contribution < 1.29 is 38.3 Å². The number of imidazole rings is 1. The molecule has 3 saturated heterocycles. The van der Waals surface area contributed by atoms with Gasteiger partial charge in [0.05, 0.1) is 55.0 Å². The second-order valence-electron chi connectivity index (χ2n) is 10.7. The fraction of sp³-hybridized carbons (Fsp3) is 0.538. The van der Waals surface area contributed by atoms with Crippen LogP contribution in [0.25, 0.3) is 11.2 Å². The second-order valence-corrected chi connectivity index (χ2v) is 11.1. The number of hydrogen-bond donors (Lipinski definition) is 4. The molecule has 3 aromatic rings. The van der Waals surface area contributed by atoms with Crippen molar-refractivity contribution in [1.82, 2.24) is 15.0 Å². The average Bonchev–Trinajstić information content (AvgIpc) is 3.66. The molecule has 7 rings (SSSR count). The number of halogens is 2. The van der Waals surface area contributed by atoms with Crippen molar-refractivity contribution in [2.45, 2.75) is 43.3 Å². The van der Waals surface area contributed by atoms with Gasteiger partial charge in [0, 0.05) is 11.6 Å². The Labute approximate surface area is 227 Å². The zero-order valence-corrected chi connectivity index (χ0v) is 21.6. The molecule has 0 saturated carbocycles. The average molecular weight is 563 g/mol. The first-order chi connectivity index (χ1) is 18.9. The maximum atomic E-state index is 15.3. The number of pyridine rings is 1. The van der Waals surface area contributed by atoms with Crippen molar-refractivity contribution in [3.63, 3.8) is 0 Å². The number of benzene rings is 1. The number of fused-ring (bicyclic) bond motifs is 3. The number of aromatic amines is 1. The summed E-state index contributed by atoms with van der Waals surface area (Å²) in [5.41, 5.74) is 1.97. The first-order valence-corrected chi connectivity index (χ1v) is 13.3. The normalized spacial score (nSPS) is 28.8. The van der Waals surface area contributed by atoms with E-state index in [0.717, 1.165) is 5.56 Å². The van der Waals surface area contributed by atoms with Gasteiger partial charge in [0.25, 0.3) is 6.01 Å². The number of rotatable bonds is 8. The summed E-state index contributed by atoms with van der Waals surface area (Å²) in [6.07, 6.45) is -0.533. The van der Waals surface area contributed by atoms with Crippen molar-refractivity contribution >= 4 is 28.6 Å². The van der Waals surface area contributed by atoms with Crippen LogP contribution in [0.5, 0.6) is 11.8 Å². The van der Waals surface area contributed by atoms with Gasteiger partial charge in [0.1, 0.15) is 42.3 Å². The smallest absolute Gasteiger partial charge is 0.296 e. The lowest BCUT2D eigenvalue weighted by Gasteiger charge is -2.39. The minimum absolute atomic E-state index is 0.0390. The highest BCUT2D eigenvalue weighted by Crippen LogP contribution is 2.40. The Morgan fingerprint density at radius 2 is 2.03 bits per heavy atom. The zero-order chi connectivity index (χ0) is 26.7. The number of aliphatic hydroxyl groups excluding tert-OH is 2. The molecule has 0 amide bonds. The standard InChI is InChI=1S/C26H28ClFN4O7/c27-14-5-17-24(32-25(30-17)39-19-7-37-21-18(34)6-36-22(19)21)31-23(14)29-16-2-1-12-3-13(4-15(28)20(12)16)38-11-26(8-33)9-35-10-26/h3-5,16,18-19,21-22,33-34H,1-2,6-11H2,(H2,29,30,31,32)/t16?,18-,19-,21-,22-/m1/s1. The molecule has 0 spiro atoms. The third kappa shape index (κ3) is 4.48. The molecule has 11 nitrogen and oxygen atoms in total. The minimum Gasteiger partial charge on any atom is -0.493 e. The van der Waals surface area contributed by atoms with Crippen LogP contribution >= 0.6 is 11.6 Å². The Morgan fingerprint density at radius 3 is 2.82 bits per heavy atom. The van der Waals surface area contributed by atoms with Gasteiger partial charge in [-0.05, 0) is 30.5 Å². The van der Waals surface area contributed by atoms with E-state index in [1.54, 1.807) is 6.07 Å². The van der Waals surface area contributed by atoms with E-state index in [0.29, 0.717) is 59.4 Å². The summed E-state index contributed by atoms with van der Waals surface area (Å²) in [4.78, 5) is 12.1. The first kappa shape index (κ1) is 25.2. The summed E-state index contributed by atoms with van der Waals surface area (Å²) in [5, 5.41) is 23.2. The lowest BCUT2D eigenvalue weighted by Crippen LogP contribution is -2.49. The number of ether oxygens (including phenoxy) is 5. The van der Waals surface area contributed by atoms with Crippen molar-refractivity contribution in [2.75, 3.05) is 45.0 Å². The fourth-order valence-corrected chi connectivity index (χ4v) is 5.88. The summed E-state index contributed by atoms with van der Waals surface area (Å²) < 4.78 is 43.4. The van der Waals surface area contributed by atoms with E-state index < -0.39 is 23.7 Å². The van der Waals surface area contributed by atoms with Crippen molar-refractivity contribution in [3.05, 3.63) is 40.2 Å². The number of H-pyrrole nitrogens is 1. The van der Waals surface area contributed by atoms with Crippen molar-refractivity contribution in [2.24, 2.45) is 5.41 Å². The van der Waals surface area contributed by atoms with Crippen LogP contribution in [0.1, 0.15) is 23.6 Å². The molecule has 4 N–H and O–H groups in total. The molecule has 39 heavy (non-hydrogen) atoms. The molecule has 13 heteroatoms. The molecule has 4 aliphatic rings. The van der Waals surface area contributed by atoms with E-state index in [1.165, 1.54) is 6.07 Å². The van der Waals surface area contributed by atoms with E-state index in [2.05, 4.69) is 20.3 Å². The molecule has 1 aliphatic carbocycles. The number of nitrogens with one attached hydrogen (secondary N) is 2. The molecule has 3 aliphatic heterocycles. The van der Waals surface area contributed by atoms with Gasteiger partial charge < -0.3 is 44.2 Å². The Balaban J connectivity index is 1.06. The Hall–Kier alpha value is -2.74. The number of nitrogens with zero attached hydrogens (tertiary/aromatic N) is 2. The molecule has 0 bridgehead atoms. The van der Waals surface area contributed by atoms with Crippen molar-refractivity contribution in [1.29, 1.82) is 0 Å². The minimum atomic E-state index is -0.668. The van der Waals surface area contributed by atoms with E-state index in [1.807, 2.05) is 6.07 Å². The third-order valence-corrected chi connectivity index (χ3v) is 8.19. The molecule has 1 unspecified atom stereocenters. The highest BCUT2D eigenvalue weighted by atomic mass is 35.5. The number of aryl methyl sites for hydroxylation is 1. The van der Waals surface area contributed by atoms with Gasteiger partial charge in [0.2, 0.25) is 0 Å². The van der Waals surface area contributed by atoms with Crippen LogP contribution in [0.2, 0.25) is 5.02 Å². The van der Waals surface area contributed by atoms with Gasteiger partial charge in [-0.15, -0.1) is 0 Å². The van der Waals surface area contributed by atoms with E-state index in [4.69, 9.17) is 35.3 Å². The Kier molecular flexibility index (Phi) is 6.29. The lowest BCUT2D eigenvalue weighted by atomic mass is 9.88. The van der Waals surface area contributed by atoms with Gasteiger partial charge in [-0.2, -0.15) is 4.98 Å². The summed E-state index contributed by atoms with van der Waals surface area (Å²) in [5.74, 6) is 0.454. The van der Waals surface area contributed by atoms with E-state index >= 15 is 4.39 Å². The van der Waals surface area contributed by atoms with Crippen LogP contribution in [-0.2, 0) is 20.6 Å². The number of aliphatic hydroxyl groups is 2. The van der Waals surface area contributed by atoms with Gasteiger partial charge in [0.15, 0.2) is 11.8 Å². The van der Waals surface area contributed by atoms with E-state index in [-0.39, 0.29) is 50.4 Å². The summed E-state index contributed by atoms with van der Waals surface area (Å²) in [6.45, 7) is 1.57. The SMILES string of the molecule is OCC1(COc2cc(F)c3c(c2)CCC3Nc2nc3nc(O[C@@H]4CO[C@H]5[C@@H]4OC[C@H]5O)[nH]c3cc2Cl)COC1. The van der Waals surface area contributed by atoms with E-state index in [9.17, 15) is 10.2 Å². The summed E-state index contributed by atoms with van der Waals surface area (Å²) >= 11 is 6.53. The van der Waals surface area contributed by atoms with Crippen molar-refractivity contribution in [3.8, 4) is 11.8 Å². The number of hydrogen-bond acceptors (Lipinski definition) is 10. The Morgan fingerprint density at radius 1 is 1.18 bits per heavy atom. The highest BCUT2D eigenvalue weighted by molar-refractivity contribution is 6.33. The molecule has 208 valence electrons. The summed E-state index contributed by atoms with van der Waals surface area (Å²) in [7, 11) is 0. The number of aromatic nitrogens is 3.